The number of phosphoric acid groups is 4. The van der Waals surface area contributed by atoms with E-state index < -0.39 is 236 Å². The van der Waals surface area contributed by atoms with E-state index in [-0.39, 0.29) is 88.9 Å². The maximum Gasteiger partial charge on any atom is 0.530 e. The third-order valence-corrected chi connectivity index (χ3v) is 24.5. The molecule has 12 N–H and O–H groups in total. The molecule has 0 spiro atoms. The molecular formula is C73H74F4N8O43P4. The van der Waals surface area contributed by atoms with Gasteiger partial charge < -0.3 is 107 Å². The molecule has 20 atom stereocenters. The summed E-state index contributed by atoms with van der Waals surface area (Å²) in [5, 5.41) is 84.6. The summed E-state index contributed by atoms with van der Waals surface area (Å²) in [5.41, 5.74) is -7.55. The number of alkyl halides is 4. The minimum atomic E-state index is -4.93. The first-order valence-corrected chi connectivity index (χ1v) is 42.9. The second-order valence-electron chi connectivity index (χ2n) is 27.9. The number of rotatable bonds is 24. The molecule has 712 valence electrons. The van der Waals surface area contributed by atoms with Crippen molar-refractivity contribution in [3.05, 3.63) is 217 Å². The van der Waals surface area contributed by atoms with Crippen molar-refractivity contribution in [2.45, 2.75) is 124 Å². The van der Waals surface area contributed by atoms with Gasteiger partial charge in [0.2, 0.25) is 0 Å². The summed E-state index contributed by atoms with van der Waals surface area (Å²) in [5.74, 6) is -15.5. The molecule has 1 amide bonds. The Labute approximate surface area is 741 Å². The maximum atomic E-state index is 16.0. The number of nitrogens with zero attached hydrogens (tertiary/aromatic N) is 4. The van der Waals surface area contributed by atoms with E-state index in [4.69, 9.17) is 100 Å². The first-order chi connectivity index (χ1) is 64.6. The van der Waals surface area contributed by atoms with Crippen molar-refractivity contribution in [2.24, 2.45) is 0 Å². The molecule has 4 aromatic carbocycles. The number of ether oxygens (including phenoxy) is 8. The minimum absolute atomic E-state index is 0.0245. The topological polar surface area (TPSA) is 680 Å². The average molecular weight is 1960 g/mol. The molecule has 4 fully saturated rings. The maximum absolute atomic E-state index is 16.0. The quantitative estimate of drug-likeness (QED) is 0.0169. The zero-order chi connectivity index (χ0) is 101. The third-order valence-electron chi connectivity index (χ3n) is 19.6. The smallest absolute Gasteiger partial charge is 0.493 e. The van der Waals surface area contributed by atoms with Crippen molar-refractivity contribution in [1.82, 2.24) is 38.9 Å². The summed E-state index contributed by atoms with van der Waals surface area (Å²) >= 11 is 0. The fourth-order valence-corrected chi connectivity index (χ4v) is 17.4. The Balaban J connectivity index is 0.000000155. The van der Waals surface area contributed by atoms with Crippen LogP contribution in [0.25, 0.3) is 0 Å². The van der Waals surface area contributed by atoms with Gasteiger partial charge in [0.1, 0.15) is 81.0 Å². The van der Waals surface area contributed by atoms with Crippen molar-refractivity contribution < 1.29 is 201 Å². The van der Waals surface area contributed by atoms with Gasteiger partial charge in [0.05, 0.1) is 85.4 Å². The van der Waals surface area contributed by atoms with Crippen LogP contribution in [0.2, 0.25) is 0 Å². The standard InChI is InChI=1S/C19H20FN2O10P.3C18H18FN2O11P/c1-10-21-17(26)12(7-23)6-22(10)18-14(24)16(25)19(20,31-18)9-30-33(27)29-8-11-4-3-5-13(28-2)15(11)32-33;3*1-28-11-4-2-3-9-7-29-33(27,32-13(9)11)30-8-18(19)14(24)12(23)16(31-18)21-5-10(6-22)15(25)20-17(21)26/h3-7,14,16,18,24-25H,1,8-9H2,2H3,(H,21,26);3*2-6,12,14,16,23-24H,7-8H2,1H3,(H,20,25,26)/t14-,16+,18-,19-,33?;3*12-,14+,16-,18-,33?/m1111/s1/i9D2,18D;16D;8D2;. The zero-order valence-electron chi connectivity index (χ0n) is 73.2. The largest absolute Gasteiger partial charge is 0.530 e. The van der Waals surface area contributed by atoms with E-state index in [1.807, 2.05) is 0 Å². The van der Waals surface area contributed by atoms with E-state index in [2.05, 4.69) is 11.9 Å². The molecule has 4 unspecified atom stereocenters. The summed E-state index contributed by atoms with van der Waals surface area (Å²) in [4.78, 5) is 133. The monoisotopic (exact) mass is 1960 g/mol. The fourth-order valence-electron chi connectivity index (χ4n) is 12.7. The van der Waals surface area contributed by atoms with Crippen molar-refractivity contribution >= 4 is 62.3 Å². The van der Waals surface area contributed by atoms with Gasteiger partial charge in [-0.15, -0.1) is 0 Å². The number of halogens is 4. The number of aromatic amines is 3. The van der Waals surface area contributed by atoms with Gasteiger partial charge in [0, 0.05) is 47.0 Å². The van der Waals surface area contributed by atoms with Crippen LogP contribution in [0.1, 0.15) is 80.2 Å². The molecular weight excluding hydrogens is 1880 g/mol. The molecule has 9 aliphatic heterocycles. The van der Waals surface area contributed by atoms with Gasteiger partial charge in [-0.05, 0) is 24.3 Å². The number of phosphoric ester groups is 4. The fraction of sp³-hybridized carbons (Fsp3) is 0.384. The Morgan fingerprint density at radius 2 is 0.750 bits per heavy atom. The van der Waals surface area contributed by atoms with Crippen LogP contribution in [0.15, 0.2) is 144 Å². The van der Waals surface area contributed by atoms with Crippen LogP contribution < -0.4 is 76.1 Å². The zero-order valence-corrected chi connectivity index (χ0v) is 70.8. The lowest BCUT2D eigenvalue weighted by Gasteiger charge is -2.33. The first kappa shape index (κ1) is 89.8. The highest BCUT2D eigenvalue weighted by atomic mass is 31.2. The summed E-state index contributed by atoms with van der Waals surface area (Å²) < 4.78 is 265. The Morgan fingerprint density at radius 3 is 1.11 bits per heavy atom. The number of nitrogens with one attached hydrogen (secondary N) is 4. The SMILES string of the molecule is COc1cccc2c1OP(=O)(OC[C@@]1(F)O[C@@H](n3cc(C=O)c(=O)[nH]c3=O)[C@H](O)[C@@H]1O)OC2.[2H]C([2H])(OP1(=O)OCc2cccc(OC)c2O1)[C@@]1(F)O[C@@H](n2cc(C=O)c(=O)[nH]c2=O)[C@H](O)[C@@H]1O.[2H]C([2H])(OP1(=O)OCc2cccc(OC)c2O1)[C@@]1(F)O[C@@]([2H])(N2C=C(C=O)C(=O)NC2=C)[C@H](O)[C@@H]1O.[2H][C@@]1(n2cc(C=O)c(=O)[nH]c2=O)O[C@](F)(COP2(=O)OCc3cccc(OC)c3O2)[C@@H](O)[C@H]1O. The lowest BCUT2D eigenvalue weighted by molar-refractivity contribution is -0.208. The second kappa shape index (κ2) is 38.7. The molecule has 0 aliphatic carbocycles. The Morgan fingerprint density at radius 1 is 0.447 bits per heavy atom. The third kappa shape index (κ3) is 19.7. The number of benzene rings is 4. The number of aliphatic hydroxyl groups is 8. The van der Waals surface area contributed by atoms with Crippen LogP contribution in [0.4, 0.5) is 17.6 Å². The van der Waals surface area contributed by atoms with Gasteiger partial charge in [-0.1, -0.05) is 55.1 Å². The first-order valence-electron chi connectivity index (χ1n) is 40.1. The Hall–Kier alpha value is -11.4. The van der Waals surface area contributed by atoms with Crippen LogP contribution in [0, 0.1) is 0 Å². The number of hydrogen-bond acceptors (Lipinski definition) is 44. The number of aromatic nitrogens is 6. The van der Waals surface area contributed by atoms with Crippen LogP contribution >= 0.6 is 31.3 Å². The van der Waals surface area contributed by atoms with Gasteiger partial charge in [0.25, 0.3) is 46.0 Å². The van der Waals surface area contributed by atoms with Crippen molar-refractivity contribution in [3.63, 3.8) is 0 Å². The van der Waals surface area contributed by atoms with E-state index >= 15 is 17.6 Å². The lowest BCUT2D eigenvalue weighted by Crippen LogP contribution is -2.48. The second-order valence-corrected chi connectivity index (χ2v) is 34.2. The molecule has 59 heteroatoms. The molecule has 3 aromatic heterocycles. The Bertz CT molecular complexity index is 6590. The number of methoxy groups -OCH3 is 4. The van der Waals surface area contributed by atoms with Gasteiger partial charge in [-0.25, -0.2) is 50.2 Å². The normalized spacial score (nSPS) is 33.6. The molecule has 0 bridgehead atoms. The molecule has 0 radical (unpaired) electrons. The summed E-state index contributed by atoms with van der Waals surface area (Å²) in [6.45, 7) is -8.13. The molecule has 12 heterocycles. The number of aliphatic hydroxyl groups excluding tert-OH is 8. The van der Waals surface area contributed by atoms with E-state index in [1.54, 1.807) is 51.4 Å². The van der Waals surface area contributed by atoms with Gasteiger partial charge in [-0.3, -0.25) is 103 Å². The predicted octanol–water partition coefficient (Wildman–Crippen LogP) is 0.483. The van der Waals surface area contributed by atoms with Crippen LogP contribution in [-0.2, 0) is 109 Å². The van der Waals surface area contributed by atoms with Crippen molar-refractivity contribution in [2.75, 3.05) is 54.8 Å². The Kier molecular flexibility index (Phi) is 26.3. The van der Waals surface area contributed by atoms with Crippen LogP contribution in [0.5, 0.6) is 46.0 Å². The van der Waals surface area contributed by atoms with Gasteiger partial charge in [0.15, 0.2) is 96.0 Å². The van der Waals surface area contributed by atoms with Crippen LogP contribution in [-0.4, -0.2) is 239 Å². The molecule has 16 rings (SSSR count). The van der Waals surface area contributed by atoms with Gasteiger partial charge >= 0.3 is 48.4 Å². The number of fused-ring (bicyclic) bond motifs is 4. The number of carbonyl (C=O) groups is 5. The molecule has 0 saturated carbocycles. The molecule has 4 saturated heterocycles. The molecule has 7 aromatic rings. The number of para-hydroxylation sites is 4. The van der Waals surface area contributed by atoms with E-state index in [1.165, 1.54) is 64.8 Å². The van der Waals surface area contributed by atoms with E-state index in [9.17, 15) is 112 Å². The number of H-pyrrole nitrogens is 3. The van der Waals surface area contributed by atoms with Crippen molar-refractivity contribution in [1.29, 1.82) is 0 Å². The van der Waals surface area contributed by atoms with Crippen molar-refractivity contribution in [3.8, 4) is 46.0 Å². The highest BCUT2D eigenvalue weighted by Crippen LogP contribution is 2.62. The number of carbonyl (C=O) groups excluding carboxylic acids is 5. The average Bonchev–Trinajstić information content (AvgIpc) is 1.55. The number of hydrogen-bond donors (Lipinski definition) is 12. The molecule has 51 nitrogen and oxygen atoms in total. The highest BCUT2D eigenvalue weighted by molar-refractivity contribution is 7.49. The van der Waals surface area contributed by atoms with Crippen LogP contribution in [0.3, 0.4) is 0 Å². The highest BCUT2D eigenvalue weighted by Gasteiger charge is 2.63. The van der Waals surface area contributed by atoms with Gasteiger partial charge in [-0.2, -0.15) is 0 Å². The molecule has 132 heavy (non-hydrogen) atoms. The van der Waals surface area contributed by atoms with E-state index in [0.717, 1.165) is 6.20 Å². The predicted molar refractivity (Wildman–Crippen MR) is 420 cm³/mol. The van der Waals surface area contributed by atoms with E-state index in [0.29, 0.717) is 54.9 Å². The summed E-state index contributed by atoms with van der Waals surface area (Å²) in [6, 6.07) is 18.7. The number of aldehydes is 4. The number of amides is 1. The molecule has 9 aliphatic rings. The lowest BCUT2D eigenvalue weighted by atomic mass is 10.1. The minimum Gasteiger partial charge on any atom is -0.493 e. The summed E-state index contributed by atoms with van der Waals surface area (Å²) in [7, 11) is -13.5. The summed E-state index contributed by atoms with van der Waals surface area (Å²) in [6.07, 6.45) is -26.8.